The summed E-state index contributed by atoms with van der Waals surface area (Å²) in [6.45, 7) is 3.59. The minimum absolute atomic E-state index is 0.0797. The SMILES string of the molecule is Cc1ccc(SCC(=O)NCCCn2cnc3ccccc32)cc1. The summed E-state index contributed by atoms with van der Waals surface area (Å²) in [5, 5.41) is 2.98. The molecule has 0 bridgehead atoms. The van der Waals surface area contributed by atoms with Crippen molar-refractivity contribution in [3.8, 4) is 0 Å². The van der Waals surface area contributed by atoms with Gasteiger partial charge in [-0.05, 0) is 37.6 Å². The zero-order chi connectivity index (χ0) is 16.8. The number of benzene rings is 2. The van der Waals surface area contributed by atoms with E-state index in [9.17, 15) is 4.79 Å². The smallest absolute Gasteiger partial charge is 0.230 e. The summed E-state index contributed by atoms with van der Waals surface area (Å²) < 4.78 is 2.13. The first-order valence-electron chi connectivity index (χ1n) is 8.08. The van der Waals surface area contributed by atoms with Gasteiger partial charge in [-0.2, -0.15) is 0 Å². The van der Waals surface area contributed by atoms with Crippen molar-refractivity contribution in [2.45, 2.75) is 24.8 Å². The summed E-state index contributed by atoms with van der Waals surface area (Å²) in [7, 11) is 0. The summed E-state index contributed by atoms with van der Waals surface area (Å²) in [6, 6.07) is 16.3. The molecule has 1 amide bonds. The molecular formula is C19H21N3OS. The number of aromatic nitrogens is 2. The molecule has 0 aliphatic heterocycles. The summed E-state index contributed by atoms with van der Waals surface area (Å²) >= 11 is 1.57. The number of carbonyl (C=O) groups is 1. The van der Waals surface area contributed by atoms with E-state index in [-0.39, 0.29) is 5.91 Å². The Morgan fingerprint density at radius 2 is 1.96 bits per heavy atom. The predicted molar refractivity (Wildman–Crippen MR) is 99.3 cm³/mol. The molecule has 0 atom stereocenters. The Kier molecular flexibility index (Phi) is 5.54. The fourth-order valence-corrected chi connectivity index (χ4v) is 3.23. The molecular weight excluding hydrogens is 318 g/mol. The number of thioether (sulfide) groups is 1. The second kappa shape index (κ2) is 8.02. The van der Waals surface area contributed by atoms with Crippen molar-refractivity contribution in [3.05, 3.63) is 60.4 Å². The summed E-state index contributed by atoms with van der Waals surface area (Å²) in [5.74, 6) is 0.535. The van der Waals surface area contributed by atoms with E-state index in [1.165, 1.54) is 5.56 Å². The first-order valence-corrected chi connectivity index (χ1v) is 9.07. The van der Waals surface area contributed by atoms with Gasteiger partial charge >= 0.3 is 0 Å². The topological polar surface area (TPSA) is 46.9 Å². The lowest BCUT2D eigenvalue weighted by Gasteiger charge is -2.07. The van der Waals surface area contributed by atoms with Crippen molar-refractivity contribution in [1.29, 1.82) is 0 Å². The number of carbonyl (C=O) groups excluding carboxylic acids is 1. The van der Waals surface area contributed by atoms with Crippen molar-refractivity contribution < 1.29 is 4.79 Å². The lowest BCUT2D eigenvalue weighted by Crippen LogP contribution is -2.26. The molecule has 3 rings (SSSR count). The van der Waals surface area contributed by atoms with Crippen LogP contribution in [0.2, 0.25) is 0 Å². The second-order valence-corrected chi connectivity index (χ2v) is 6.78. The fraction of sp³-hybridized carbons (Fsp3) is 0.263. The molecule has 1 N–H and O–H groups in total. The molecule has 0 unspecified atom stereocenters. The number of hydrogen-bond donors (Lipinski definition) is 1. The van der Waals surface area contributed by atoms with Crippen LogP contribution < -0.4 is 5.32 Å². The third kappa shape index (κ3) is 4.38. The molecule has 0 spiro atoms. The predicted octanol–water partition coefficient (Wildman–Crippen LogP) is 3.64. The normalized spacial score (nSPS) is 10.9. The van der Waals surface area contributed by atoms with Crippen molar-refractivity contribution in [2.24, 2.45) is 0 Å². The fourth-order valence-electron chi connectivity index (χ4n) is 2.50. The van der Waals surface area contributed by atoms with E-state index in [0.29, 0.717) is 12.3 Å². The molecule has 0 aliphatic carbocycles. The largest absolute Gasteiger partial charge is 0.355 e. The van der Waals surface area contributed by atoms with Crippen LogP contribution in [0.1, 0.15) is 12.0 Å². The third-order valence-electron chi connectivity index (χ3n) is 3.82. The Morgan fingerprint density at radius 1 is 1.17 bits per heavy atom. The van der Waals surface area contributed by atoms with Gasteiger partial charge in [-0.25, -0.2) is 4.98 Å². The number of hydrogen-bond acceptors (Lipinski definition) is 3. The number of nitrogens with one attached hydrogen (secondary N) is 1. The van der Waals surface area contributed by atoms with E-state index < -0.39 is 0 Å². The highest BCUT2D eigenvalue weighted by molar-refractivity contribution is 8.00. The highest BCUT2D eigenvalue weighted by atomic mass is 32.2. The van der Waals surface area contributed by atoms with Crippen molar-refractivity contribution in [1.82, 2.24) is 14.9 Å². The third-order valence-corrected chi connectivity index (χ3v) is 4.83. The van der Waals surface area contributed by atoms with Gasteiger partial charge in [0.05, 0.1) is 23.1 Å². The van der Waals surface area contributed by atoms with Gasteiger partial charge < -0.3 is 9.88 Å². The van der Waals surface area contributed by atoms with E-state index in [2.05, 4.69) is 52.1 Å². The molecule has 0 radical (unpaired) electrons. The van der Waals surface area contributed by atoms with Gasteiger partial charge in [-0.1, -0.05) is 29.8 Å². The molecule has 2 aromatic carbocycles. The lowest BCUT2D eigenvalue weighted by molar-refractivity contribution is -0.118. The molecule has 124 valence electrons. The van der Waals surface area contributed by atoms with Gasteiger partial charge in [0.2, 0.25) is 5.91 Å². The Labute approximate surface area is 146 Å². The van der Waals surface area contributed by atoms with Gasteiger partial charge in [0, 0.05) is 18.0 Å². The maximum atomic E-state index is 11.9. The zero-order valence-electron chi connectivity index (χ0n) is 13.7. The number of nitrogens with zero attached hydrogens (tertiary/aromatic N) is 2. The van der Waals surface area contributed by atoms with E-state index in [1.807, 2.05) is 24.5 Å². The minimum Gasteiger partial charge on any atom is -0.355 e. The van der Waals surface area contributed by atoms with Crippen LogP contribution in [-0.2, 0) is 11.3 Å². The number of fused-ring (bicyclic) bond motifs is 1. The second-order valence-electron chi connectivity index (χ2n) is 5.73. The zero-order valence-corrected chi connectivity index (χ0v) is 14.6. The number of aryl methyl sites for hydroxylation is 2. The van der Waals surface area contributed by atoms with E-state index in [1.54, 1.807) is 11.8 Å². The van der Waals surface area contributed by atoms with Gasteiger partial charge in [0.15, 0.2) is 0 Å². The molecule has 5 heteroatoms. The van der Waals surface area contributed by atoms with Crippen LogP contribution >= 0.6 is 11.8 Å². The number of para-hydroxylation sites is 2. The van der Waals surface area contributed by atoms with Crippen molar-refractivity contribution in [2.75, 3.05) is 12.3 Å². The quantitative estimate of drug-likeness (QED) is 0.528. The van der Waals surface area contributed by atoms with Crippen LogP contribution in [-0.4, -0.2) is 27.8 Å². The average molecular weight is 339 g/mol. The van der Waals surface area contributed by atoms with E-state index in [0.717, 1.165) is 28.9 Å². The molecule has 4 nitrogen and oxygen atoms in total. The number of rotatable bonds is 7. The molecule has 24 heavy (non-hydrogen) atoms. The summed E-state index contributed by atoms with van der Waals surface area (Å²) in [5.41, 5.74) is 3.38. The van der Waals surface area contributed by atoms with Crippen LogP contribution in [0, 0.1) is 6.92 Å². The number of imidazole rings is 1. The Morgan fingerprint density at radius 3 is 2.79 bits per heavy atom. The van der Waals surface area contributed by atoms with Gasteiger partial charge in [0.1, 0.15) is 0 Å². The standard InChI is InChI=1S/C19H21N3OS/c1-15-7-9-16(10-8-15)24-13-19(23)20-11-4-12-22-14-21-17-5-2-3-6-18(17)22/h2-3,5-10,14H,4,11-13H2,1H3,(H,20,23). The molecule has 1 aromatic heterocycles. The van der Waals surface area contributed by atoms with Crippen LogP contribution in [0.4, 0.5) is 0 Å². The van der Waals surface area contributed by atoms with Crippen LogP contribution in [0.25, 0.3) is 11.0 Å². The molecule has 0 aliphatic rings. The van der Waals surface area contributed by atoms with Crippen molar-refractivity contribution >= 4 is 28.7 Å². The van der Waals surface area contributed by atoms with Crippen LogP contribution in [0.15, 0.2) is 59.8 Å². The molecule has 3 aromatic rings. The lowest BCUT2D eigenvalue weighted by atomic mass is 10.2. The maximum Gasteiger partial charge on any atom is 0.230 e. The van der Waals surface area contributed by atoms with Gasteiger partial charge in [-0.3, -0.25) is 4.79 Å². The Bertz CT molecular complexity index is 811. The van der Waals surface area contributed by atoms with Crippen LogP contribution in [0.3, 0.4) is 0 Å². The molecule has 1 heterocycles. The highest BCUT2D eigenvalue weighted by Gasteiger charge is 2.04. The van der Waals surface area contributed by atoms with Crippen LogP contribution in [0.5, 0.6) is 0 Å². The number of amides is 1. The Hall–Kier alpha value is -2.27. The first-order chi connectivity index (χ1) is 11.7. The highest BCUT2D eigenvalue weighted by Crippen LogP contribution is 2.17. The minimum atomic E-state index is 0.0797. The molecule has 0 saturated heterocycles. The first kappa shape index (κ1) is 16.6. The monoisotopic (exact) mass is 339 g/mol. The van der Waals surface area contributed by atoms with E-state index in [4.69, 9.17) is 0 Å². The average Bonchev–Trinajstić information content (AvgIpc) is 3.01. The van der Waals surface area contributed by atoms with Gasteiger partial charge in [0.25, 0.3) is 0 Å². The summed E-state index contributed by atoms with van der Waals surface area (Å²) in [6.07, 6.45) is 2.75. The Balaban J connectivity index is 1.38. The van der Waals surface area contributed by atoms with E-state index >= 15 is 0 Å². The molecule has 0 saturated carbocycles. The van der Waals surface area contributed by atoms with Gasteiger partial charge in [-0.15, -0.1) is 11.8 Å². The van der Waals surface area contributed by atoms with Crippen molar-refractivity contribution in [3.63, 3.8) is 0 Å². The summed E-state index contributed by atoms with van der Waals surface area (Å²) in [4.78, 5) is 17.4. The molecule has 0 fully saturated rings. The maximum absolute atomic E-state index is 11.9.